The molecule has 5 heteroatoms. The van der Waals surface area contributed by atoms with Gasteiger partial charge in [-0.3, -0.25) is 4.79 Å². The second kappa shape index (κ2) is 7.32. The molecule has 0 spiro atoms. The number of carbonyl (C=O) groups excluding carboxylic acids is 1. The normalized spacial score (nSPS) is 14.4. The number of nitrogens with zero attached hydrogens (tertiary/aromatic N) is 2. The lowest BCUT2D eigenvalue weighted by Crippen LogP contribution is -2.45. The third-order valence-corrected chi connectivity index (χ3v) is 4.47. The third-order valence-electron chi connectivity index (χ3n) is 3.53. The monoisotopic (exact) mass is 290 g/mol. The lowest BCUT2D eigenvalue weighted by atomic mass is 9.91. The zero-order valence-electron chi connectivity index (χ0n) is 11.3. The van der Waals surface area contributed by atoms with Gasteiger partial charge in [-0.15, -0.1) is 11.8 Å². The Morgan fingerprint density at radius 1 is 1.45 bits per heavy atom. The van der Waals surface area contributed by atoms with Crippen LogP contribution in [0.5, 0.6) is 0 Å². The van der Waals surface area contributed by atoms with E-state index in [9.17, 15) is 4.79 Å². The van der Waals surface area contributed by atoms with Gasteiger partial charge >= 0.3 is 0 Å². The SMILES string of the molecule is N#CCSc1ccccc1C(=O)N(CCO)C1CCC1. The van der Waals surface area contributed by atoms with Gasteiger partial charge in [0.2, 0.25) is 0 Å². The number of benzene rings is 1. The predicted molar refractivity (Wildman–Crippen MR) is 78.5 cm³/mol. The zero-order valence-corrected chi connectivity index (χ0v) is 12.1. The minimum Gasteiger partial charge on any atom is -0.395 e. The summed E-state index contributed by atoms with van der Waals surface area (Å²) in [4.78, 5) is 15.3. The smallest absolute Gasteiger partial charge is 0.255 e. The maximum absolute atomic E-state index is 12.7. The number of nitriles is 1. The minimum absolute atomic E-state index is 0.0181. The van der Waals surface area contributed by atoms with Crippen LogP contribution in [-0.2, 0) is 0 Å². The Kier molecular flexibility index (Phi) is 5.45. The standard InChI is InChI=1S/C15H18N2O2S/c16-8-11-20-14-7-2-1-6-13(14)15(19)17(9-10-18)12-4-3-5-12/h1-2,6-7,12,18H,3-5,9-11H2. The molecule has 1 aromatic carbocycles. The van der Waals surface area contributed by atoms with E-state index in [1.54, 1.807) is 11.0 Å². The number of hydrogen-bond donors (Lipinski definition) is 1. The summed E-state index contributed by atoms with van der Waals surface area (Å²) >= 11 is 1.38. The van der Waals surface area contributed by atoms with Gasteiger partial charge < -0.3 is 10.0 Å². The number of aliphatic hydroxyl groups is 1. The summed E-state index contributed by atoms with van der Waals surface area (Å²) in [5, 5.41) is 17.9. The van der Waals surface area contributed by atoms with Gasteiger partial charge in [-0.1, -0.05) is 12.1 Å². The number of aliphatic hydroxyl groups excluding tert-OH is 1. The Balaban J connectivity index is 2.19. The van der Waals surface area contributed by atoms with Gasteiger partial charge in [0, 0.05) is 17.5 Å². The average Bonchev–Trinajstić information content (AvgIpc) is 2.42. The van der Waals surface area contributed by atoms with Crippen molar-refractivity contribution in [3.05, 3.63) is 29.8 Å². The Hall–Kier alpha value is -1.51. The van der Waals surface area contributed by atoms with Crippen molar-refractivity contribution in [3.63, 3.8) is 0 Å². The van der Waals surface area contributed by atoms with Crippen LogP contribution >= 0.6 is 11.8 Å². The van der Waals surface area contributed by atoms with Gasteiger partial charge in [0.1, 0.15) is 0 Å². The maximum Gasteiger partial charge on any atom is 0.255 e. The van der Waals surface area contributed by atoms with Crippen molar-refractivity contribution in [2.45, 2.75) is 30.2 Å². The number of carbonyl (C=O) groups is 1. The molecular formula is C15H18N2O2S. The highest BCUT2D eigenvalue weighted by Crippen LogP contribution is 2.29. The van der Waals surface area contributed by atoms with Crippen molar-refractivity contribution in [3.8, 4) is 6.07 Å². The zero-order chi connectivity index (χ0) is 14.4. The van der Waals surface area contributed by atoms with E-state index in [1.165, 1.54) is 11.8 Å². The van der Waals surface area contributed by atoms with Crippen LogP contribution in [0, 0.1) is 11.3 Å². The first-order chi connectivity index (χ1) is 9.77. The van der Waals surface area contributed by atoms with Crippen LogP contribution in [0.15, 0.2) is 29.2 Å². The third kappa shape index (κ3) is 3.33. The van der Waals surface area contributed by atoms with Gasteiger partial charge in [0.05, 0.1) is 24.0 Å². The van der Waals surface area contributed by atoms with Crippen LogP contribution in [0.1, 0.15) is 29.6 Å². The molecule has 0 atom stereocenters. The molecule has 1 amide bonds. The first kappa shape index (κ1) is 14.9. The summed E-state index contributed by atoms with van der Waals surface area (Å²) in [5.41, 5.74) is 0.632. The lowest BCUT2D eigenvalue weighted by Gasteiger charge is -2.37. The topological polar surface area (TPSA) is 64.3 Å². The summed E-state index contributed by atoms with van der Waals surface area (Å²) < 4.78 is 0. The molecule has 1 fully saturated rings. The van der Waals surface area contributed by atoms with Crippen LogP contribution in [0.4, 0.5) is 0 Å². The van der Waals surface area contributed by atoms with Gasteiger partial charge in [-0.05, 0) is 31.4 Å². The molecule has 0 unspecified atom stereocenters. The van der Waals surface area contributed by atoms with Crippen LogP contribution in [-0.4, -0.2) is 40.9 Å². The highest BCUT2D eigenvalue weighted by molar-refractivity contribution is 7.99. The Morgan fingerprint density at radius 2 is 2.20 bits per heavy atom. The van der Waals surface area contributed by atoms with Crippen molar-refractivity contribution in [1.82, 2.24) is 4.90 Å². The fraction of sp³-hybridized carbons (Fsp3) is 0.467. The fourth-order valence-electron chi connectivity index (χ4n) is 2.29. The Labute approximate surface area is 123 Å². The molecule has 0 bridgehead atoms. The Morgan fingerprint density at radius 3 is 2.80 bits per heavy atom. The molecule has 4 nitrogen and oxygen atoms in total. The van der Waals surface area contributed by atoms with E-state index in [4.69, 9.17) is 10.4 Å². The number of hydrogen-bond acceptors (Lipinski definition) is 4. The molecule has 0 heterocycles. The molecule has 1 N–H and O–H groups in total. The lowest BCUT2D eigenvalue weighted by molar-refractivity contribution is 0.0522. The Bertz CT molecular complexity index is 509. The number of rotatable bonds is 6. The first-order valence-corrected chi connectivity index (χ1v) is 7.77. The van der Waals surface area contributed by atoms with E-state index in [1.807, 2.05) is 18.2 Å². The van der Waals surface area contributed by atoms with Gasteiger partial charge in [-0.25, -0.2) is 0 Å². The van der Waals surface area contributed by atoms with E-state index >= 15 is 0 Å². The molecule has 20 heavy (non-hydrogen) atoms. The first-order valence-electron chi connectivity index (χ1n) is 6.78. The van der Waals surface area contributed by atoms with E-state index < -0.39 is 0 Å². The fourth-order valence-corrected chi connectivity index (χ4v) is 3.00. The molecule has 1 aliphatic rings. The van der Waals surface area contributed by atoms with E-state index in [0.717, 1.165) is 24.2 Å². The van der Waals surface area contributed by atoms with Crippen molar-refractivity contribution < 1.29 is 9.90 Å². The summed E-state index contributed by atoms with van der Waals surface area (Å²) in [6.45, 7) is 0.358. The second-order valence-corrected chi connectivity index (χ2v) is 5.77. The van der Waals surface area contributed by atoms with E-state index in [2.05, 4.69) is 6.07 Å². The van der Waals surface area contributed by atoms with Crippen molar-refractivity contribution in [2.75, 3.05) is 18.9 Å². The highest BCUT2D eigenvalue weighted by Gasteiger charge is 2.29. The highest BCUT2D eigenvalue weighted by atomic mass is 32.2. The van der Waals surface area contributed by atoms with E-state index in [-0.39, 0.29) is 18.6 Å². The average molecular weight is 290 g/mol. The molecule has 1 aliphatic carbocycles. The van der Waals surface area contributed by atoms with Crippen molar-refractivity contribution in [1.29, 1.82) is 5.26 Å². The molecule has 1 saturated carbocycles. The van der Waals surface area contributed by atoms with Gasteiger partial charge in [0.15, 0.2) is 0 Å². The minimum atomic E-state index is -0.0372. The summed E-state index contributed by atoms with van der Waals surface area (Å²) in [6, 6.07) is 9.70. The largest absolute Gasteiger partial charge is 0.395 e. The molecule has 2 rings (SSSR count). The van der Waals surface area contributed by atoms with Crippen molar-refractivity contribution in [2.24, 2.45) is 0 Å². The van der Waals surface area contributed by atoms with Crippen LogP contribution in [0.25, 0.3) is 0 Å². The second-order valence-electron chi connectivity index (χ2n) is 4.75. The summed E-state index contributed by atoms with van der Waals surface area (Å²) in [6.07, 6.45) is 3.17. The number of amides is 1. The molecule has 0 aliphatic heterocycles. The number of thioether (sulfide) groups is 1. The molecular weight excluding hydrogens is 272 g/mol. The molecule has 0 aromatic heterocycles. The molecule has 0 radical (unpaired) electrons. The van der Waals surface area contributed by atoms with E-state index in [0.29, 0.717) is 17.9 Å². The molecule has 1 aromatic rings. The van der Waals surface area contributed by atoms with Gasteiger partial charge in [0.25, 0.3) is 5.91 Å². The molecule has 0 saturated heterocycles. The molecule has 106 valence electrons. The quantitative estimate of drug-likeness (QED) is 0.816. The summed E-state index contributed by atoms with van der Waals surface area (Å²) in [5.74, 6) is 0.290. The predicted octanol–water partition coefficient (Wildman–Crippen LogP) is 2.29. The van der Waals surface area contributed by atoms with Crippen LogP contribution in [0.3, 0.4) is 0 Å². The summed E-state index contributed by atoms with van der Waals surface area (Å²) in [7, 11) is 0. The maximum atomic E-state index is 12.7. The van der Waals surface area contributed by atoms with Gasteiger partial charge in [-0.2, -0.15) is 5.26 Å². The van der Waals surface area contributed by atoms with Crippen molar-refractivity contribution >= 4 is 17.7 Å². The van der Waals surface area contributed by atoms with Crippen LogP contribution < -0.4 is 0 Å². The van der Waals surface area contributed by atoms with Crippen LogP contribution in [0.2, 0.25) is 0 Å².